The summed E-state index contributed by atoms with van der Waals surface area (Å²) in [5.74, 6) is 1.83. The molecule has 0 heterocycles. The normalized spacial score (nSPS) is 18.1. The highest BCUT2D eigenvalue weighted by molar-refractivity contribution is 6.70. The first-order valence-electron chi connectivity index (χ1n) is 7.01. The van der Waals surface area contributed by atoms with Gasteiger partial charge in [0.05, 0.1) is 0 Å². The maximum Gasteiger partial charge on any atom is 0.242 e. The van der Waals surface area contributed by atoms with Gasteiger partial charge in [0.2, 0.25) is 8.32 Å². The first kappa shape index (κ1) is 13.4. The molecule has 1 saturated carbocycles. The Balaban J connectivity index is 2.22. The summed E-state index contributed by atoms with van der Waals surface area (Å²) < 4.78 is 6.29. The van der Waals surface area contributed by atoms with Crippen LogP contribution in [0, 0.1) is 5.92 Å². The quantitative estimate of drug-likeness (QED) is 0.542. The average molecular weight is 260 g/mol. The summed E-state index contributed by atoms with van der Waals surface area (Å²) in [6, 6.07) is 10.5. The minimum absolute atomic E-state index is 0.719. The van der Waals surface area contributed by atoms with Crippen LogP contribution in [0.1, 0.15) is 31.2 Å². The fourth-order valence-electron chi connectivity index (χ4n) is 2.46. The zero-order valence-corrected chi connectivity index (χ0v) is 12.8. The van der Waals surface area contributed by atoms with Gasteiger partial charge in [0.1, 0.15) is 5.76 Å². The van der Waals surface area contributed by atoms with Gasteiger partial charge in [-0.3, -0.25) is 0 Å². The Hall–Kier alpha value is -1.02. The van der Waals surface area contributed by atoms with Gasteiger partial charge in [-0.15, -0.1) is 0 Å². The molecule has 1 aliphatic carbocycles. The van der Waals surface area contributed by atoms with E-state index in [1.165, 1.54) is 31.2 Å². The molecular weight excluding hydrogens is 236 g/mol. The van der Waals surface area contributed by atoms with Crippen LogP contribution in [0.15, 0.2) is 36.4 Å². The van der Waals surface area contributed by atoms with E-state index in [9.17, 15) is 0 Å². The van der Waals surface area contributed by atoms with Gasteiger partial charge in [-0.25, -0.2) is 0 Å². The van der Waals surface area contributed by atoms with Crippen LogP contribution in [0.2, 0.25) is 19.6 Å². The summed E-state index contributed by atoms with van der Waals surface area (Å²) in [6.45, 7) is 6.75. The number of allylic oxidation sites excluding steroid dienone is 1. The van der Waals surface area contributed by atoms with Crippen LogP contribution in [0.25, 0.3) is 5.76 Å². The molecule has 0 saturated heterocycles. The summed E-state index contributed by atoms with van der Waals surface area (Å²) >= 11 is 0. The van der Waals surface area contributed by atoms with Crippen LogP contribution in [0.4, 0.5) is 0 Å². The van der Waals surface area contributed by atoms with Crippen LogP contribution < -0.4 is 0 Å². The Morgan fingerprint density at radius 3 is 2.28 bits per heavy atom. The standard InChI is InChI=1S/C16H24OSi/c1-18(2,3)17-16(13-14-9-7-8-10-14)15-11-5-4-6-12-15/h4-6,11-14H,7-10H2,1-3H3/b16-13-. The van der Waals surface area contributed by atoms with E-state index >= 15 is 0 Å². The lowest BCUT2D eigenvalue weighted by atomic mass is 10.0. The molecule has 0 aliphatic heterocycles. The van der Waals surface area contributed by atoms with Crippen molar-refractivity contribution in [3.05, 3.63) is 42.0 Å². The highest BCUT2D eigenvalue weighted by Crippen LogP contribution is 2.30. The Kier molecular flexibility index (Phi) is 4.28. The van der Waals surface area contributed by atoms with Crippen LogP contribution in [0.3, 0.4) is 0 Å². The molecule has 0 aromatic heterocycles. The summed E-state index contributed by atoms with van der Waals surface area (Å²) in [4.78, 5) is 0. The van der Waals surface area contributed by atoms with Crippen LogP contribution >= 0.6 is 0 Å². The molecule has 0 amide bonds. The summed E-state index contributed by atoms with van der Waals surface area (Å²) in [5, 5.41) is 0. The van der Waals surface area contributed by atoms with Crippen molar-refractivity contribution in [2.45, 2.75) is 45.3 Å². The Morgan fingerprint density at radius 1 is 1.11 bits per heavy atom. The lowest BCUT2D eigenvalue weighted by Crippen LogP contribution is -2.24. The van der Waals surface area contributed by atoms with E-state index < -0.39 is 8.32 Å². The predicted octanol–water partition coefficient (Wildman–Crippen LogP) is 5.07. The molecule has 0 unspecified atom stereocenters. The summed E-state index contributed by atoms with van der Waals surface area (Å²) in [6.07, 6.45) is 7.77. The van der Waals surface area contributed by atoms with Crippen molar-refractivity contribution in [1.29, 1.82) is 0 Å². The molecule has 0 bridgehead atoms. The maximum atomic E-state index is 6.29. The van der Waals surface area contributed by atoms with Crippen LogP contribution in [0.5, 0.6) is 0 Å². The number of benzene rings is 1. The fraction of sp³-hybridized carbons (Fsp3) is 0.500. The fourth-order valence-corrected chi connectivity index (χ4v) is 3.31. The van der Waals surface area contributed by atoms with Gasteiger partial charge in [-0.2, -0.15) is 0 Å². The van der Waals surface area contributed by atoms with Crippen molar-refractivity contribution >= 4 is 14.1 Å². The molecule has 2 rings (SSSR count). The summed E-state index contributed by atoms with van der Waals surface area (Å²) in [5.41, 5.74) is 1.23. The van der Waals surface area contributed by atoms with Crippen LogP contribution in [-0.2, 0) is 4.43 Å². The van der Waals surface area contributed by atoms with Gasteiger partial charge >= 0.3 is 0 Å². The highest BCUT2D eigenvalue weighted by atomic mass is 28.4. The molecule has 1 fully saturated rings. The number of rotatable bonds is 4. The minimum Gasteiger partial charge on any atom is -0.544 e. The zero-order chi connectivity index (χ0) is 13.0. The van der Waals surface area contributed by atoms with Gasteiger partial charge < -0.3 is 4.43 Å². The Labute approximate surface area is 112 Å². The van der Waals surface area contributed by atoms with Crippen molar-refractivity contribution in [3.8, 4) is 0 Å². The van der Waals surface area contributed by atoms with Gasteiger partial charge in [0.15, 0.2) is 0 Å². The van der Waals surface area contributed by atoms with Crippen molar-refractivity contribution in [3.63, 3.8) is 0 Å². The van der Waals surface area contributed by atoms with E-state index in [2.05, 4.69) is 56.0 Å². The molecule has 1 aliphatic rings. The Bertz CT molecular complexity index is 397. The maximum absolute atomic E-state index is 6.29. The number of hydrogen-bond acceptors (Lipinski definition) is 1. The molecule has 1 aromatic carbocycles. The summed E-state index contributed by atoms with van der Waals surface area (Å²) in [7, 11) is -1.54. The second-order valence-corrected chi connectivity index (χ2v) is 10.6. The molecule has 2 heteroatoms. The average Bonchev–Trinajstić information content (AvgIpc) is 2.80. The number of hydrogen-bond donors (Lipinski definition) is 0. The second-order valence-electron chi connectivity index (χ2n) is 6.16. The van der Waals surface area contributed by atoms with Gasteiger partial charge in [0, 0.05) is 5.56 Å². The van der Waals surface area contributed by atoms with E-state index in [4.69, 9.17) is 4.43 Å². The third-order valence-electron chi connectivity index (χ3n) is 3.26. The first-order chi connectivity index (χ1) is 8.54. The molecule has 18 heavy (non-hydrogen) atoms. The van der Waals surface area contributed by atoms with Crippen molar-refractivity contribution in [2.24, 2.45) is 5.92 Å². The third kappa shape index (κ3) is 4.02. The van der Waals surface area contributed by atoms with E-state index in [1.807, 2.05) is 0 Å². The predicted molar refractivity (Wildman–Crippen MR) is 80.8 cm³/mol. The monoisotopic (exact) mass is 260 g/mol. The largest absolute Gasteiger partial charge is 0.544 e. The molecule has 1 nitrogen and oxygen atoms in total. The smallest absolute Gasteiger partial charge is 0.242 e. The van der Waals surface area contributed by atoms with Crippen molar-refractivity contribution in [2.75, 3.05) is 0 Å². The molecule has 1 aromatic rings. The lowest BCUT2D eigenvalue weighted by molar-refractivity contribution is 0.505. The lowest BCUT2D eigenvalue weighted by Gasteiger charge is -2.23. The van der Waals surface area contributed by atoms with Crippen LogP contribution in [-0.4, -0.2) is 8.32 Å². The highest BCUT2D eigenvalue weighted by Gasteiger charge is 2.21. The molecular formula is C16H24OSi. The third-order valence-corrected chi connectivity index (χ3v) is 4.09. The SMILES string of the molecule is C[Si](C)(C)O/C(=C\C1CCCC1)c1ccccc1. The molecule has 0 spiro atoms. The molecule has 0 N–H and O–H groups in total. The van der Waals surface area contributed by atoms with E-state index in [0.29, 0.717) is 0 Å². The van der Waals surface area contributed by atoms with E-state index in [1.54, 1.807) is 0 Å². The van der Waals surface area contributed by atoms with E-state index in [0.717, 1.165) is 11.7 Å². The molecule has 0 atom stereocenters. The first-order valence-corrected chi connectivity index (χ1v) is 10.4. The van der Waals surface area contributed by atoms with Gasteiger partial charge in [-0.05, 0) is 44.5 Å². The molecule has 0 radical (unpaired) electrons. The van der Waals surface area contributed by atoms with Gasteiger partial charge in [0.25, 0.3) is 0 Å². The topological polar surface area (TPSA) is 9.23 Å². The van der Waals surface area contributed by atoms with Crippen molar-refractivity contribution in [1.82, 2.24) is 0 Å². The minimum atomic E-state index is -1.54. The van der Waals surface area contributed by atoms with E-state index in [-0.39, 0.29) is 0 Å². The zero-order valence-electron chi connectivity index (χ0n) is 11.8. The molecule has 98 valence electrons. The second kappa shape index (κ2) is 5.74. The Morgan fingerprint density at radius 2 is 1.72 bits per heavy atom. The van der Waals surface area contributed by atoms with Crippen molar-refractivity contribution < 1.29 is 4.43 Å². The van der Waals surface area contributed by atoms with Gasteiger partial charge in [-0.1, -0.05) is 43.2 Å².